The molecule has 0 spiro atoms. The van der Waals surface area contributed by atoms with Gasteiger partial charge in [-0.1, -0.05) is 0 Å². The Kier molecular flexibility index (Phi) is 6.67. The number of piperidine rings is 3. The number of hydrogen-bond donors (Lipinski definition) is 2. The van der Waals surface area contributed by atoms with E-state index in [2.05, 4.69) is 27.3 Å². The van der Waals surface area contributed by atoms with Crippen molar-refractivity contribution in [2.75, 3.05) is 32.8 Å². The van der Waals surface area contributed by atoms with Crippen LogP contribution in [0.15, 0.2) is 18.7 Å². The fourth-order valence-corrected chi connectivity index (χ4v) is 3.56. The van der Waals surface area contributed by atoms with Gasteiger partial charge in [-0.25, -0.2) is 9.13 Å². The highest BCUT2D eigenvalue weighted by Crippen LogP contribution is 2.27. The zero-order valence-corrected chi connectivity index (χ0v) is 14.2. The predicted molar refractivity (Wildman–Crippen MR) is 77.3 cm³/mol. The minimum absolute atomic E-state index is 0. The molecule has 0 amide bonds. The van der Waals surface area contributed by atoms with Crippen molar-refractivity contribution in [3.63, 3.8) is 0 Å². The molecule has 3 fully saturated rings. The van der Waals surface area contributed by atoms with Crippen molar-refractivity contribution in [1.82, 2.24) is 14.8 Å². The highest BCUT2D eigenvalue weighted by molar-refractivity contribution is 4.90. The molecule has 2 bridgehead atoms. The zero-order chi connectivity index (χ0) is 13.8. The monoisotopic (exact) mass is 358 g/mol. The van der Waals surface area contributed by atoms with E-state index in [1.165, 1.54) is 32.5 Å². The molecule has 0 saturated carbocycles. The lowest BCUT2D eigenvalue weighted by Gasteiger charge is -2.45. The molecule has 6 heteroatoms. The van der Waals surface area contributed by atoms with Crippen LogP contribution in [-0.4, -0.2) is 53.4 Å². The first-order valence-electron chi connectivity index (χ1n) is 7.96. The first-order valence-corrected chi connectivity index (χ1v) is 7.96. The largest absolute Gasteiger partial charge is 1.00 e. The number of halogens is 1. The van der Waals surface area contributed by atoms with E-state index in [1.54, 1.807) is 0 Å². The van der Waals surface area contributed by atoms with Crippen LogP contribution in [0.2, 0.25) is 0 Å². The number of nitrogens with zero attached hydrogens (tertiary/aromatic N) is 3. The van der Waals surface area contributed by atoms with Crippen LogP contribution in [0.4, 0.5) is 0 Å². The predicted octanol–water partition coefficient (Wildman–Crippen LogP) is -3.15. The summed E-state index contributed by atoms with van der Waals surface area (Å²) in [5.74, 6) is 0.915. The van der Waals surface area contributed by atoms with Gasteiger partial charge in [0.1, 0.15) is 18.9 Å². The first-order chi connectivity index (χ1) is 9.85. The summed E-state index contributed by atoms with van der Waals surface area (Å²) >= 11 is 0. The molecule has 120 valence electrons. The summed E-state index contributed by atoms with van der Waals surface area (Å²) in [4.78, 5) is 2.60. The third-order valence-corrected chi connectivity index (χ3v) is 4.76. The number of aliphatic hydroxyl groups excluding tert-OH is 1. The quantitative estimate of drug-likeness (QED) is 0.399. The molecular weight excluding hydrogens is 332 g/mol. The maximum absolute atomic E-state index is 8.89. The van der Waals surface area contributed by atoms with Crippen LogP contribution in [0.5, 0.6) is 0 Å². The van der Waals surface area contributed by atoms with Crippen LogP contribution in [0.3, 0.4) is 0 Å². The van der Waals surface area contributed by atoms with E-state index in [4.69, 9.17) is 5.11 Å². The van der Waals surface area contributed by atoms with Crippen molar-refractivity contribution < 1.29 is 26.7 Å². The molecule has 4 rings (SSSR count). The Bertz CT molecular complexity index is 418. The minimum atomic E-state index is 0. The normalized spacial score (nSPS) is 27.6. The van der Waals surface area contributed by atoms with Gasteiger partial charge < -0.3 is 32.3 Å². The summed E-state index contributed by atoms with van der Waals surface area (Å²) in [6.45, 7) is 6.93. The van der Waals surface area contributed by atoms with Crippen LogP contribution in [-0.2, 0) is 13.1 Å². The second-order valence-electron chi connectivity index (χ2n) is 6.17. The van der Waals surface area contributed by atoms with Gasteiger partial charge >= 0.3 is 0 Å². The summed E-state index contributed by atoms with van der Waals surface area (Å²) in [5, 5.41) is 12.6. The topological polar surface area (TPSA) is 44.3 Å². The first kappa shape index (κ1) is 16.9. The average molecular weight is 359 g/mol. The Labute approximate surface area is 137 Å². The van der Waals surface area contributed by atoms with Gasteiger partial charge in [0.15, 0.2) is 0 Å². The molecule has 3 aliphatic rings. The van der Waals surface area contributed by atoms with Gasteiger partial charge in [0, 0.05) is 12.6 Å². The molecule has 3 aliphatic heterocycles. The number of rotatable bonds is 7. The van der Waals surface area contributed by atoms with E-state index in [0.29, 0.717) is 6.54 Å². The standard InChI is InChI=1S/C15H27N4O.BrH/c20-11-10-19-9-8-18(13-19)5-1-4-16-15-12-17-6-2-14(15)3-7-17;/h8-9,13-16,20H,1-7,10-12H2;1H/q+1;/p-1. The van der Waals surface area contributed by atoms with Gasteiger partial charge in [0.05, 0.1) is 13.2 Å². The SMILES string of the molecule is OCCn1cc[n+](CCCNC2CN3CCC2CC3)c1.[Br-]. The fraction of sp³-hybridized carbons (Fsp3) is 0.800. The number of aryl methyl sites for hydroxylation is 1. The molecule has 1 aromatic heterocycles. The molecule has 1 atom stereocenters. The molecule has 3 saturated heterocycles. The Morgan fingerprint density at radius 2 is 2.10 bits per heavy atom. The number of fused-ring (bicyclic) bond motifs is 3. The highest BCUT2D eigenvalue weighted by atomic mass is 79.9. The third-order valence-electron chi connectivity index (χ3n) is 4.76. The Balaban J connectivity index is 0.00000161. The van der Waals surface area contributed by atoms with Crippen molar-refractivity contribution in [2.24, 2.45) is 5.92 Å². The summed E-state index contributed by atoms with van der Waals surface area (Å²) in [6.07, 6.45) is 10.1. The number of imidazole rings is 1. The van der Waals surface area contributed by atoms with Crippen LogP contribution < -0.4 is 26.9 Å². The van der Waals surface area contributed by atoms with Gasteiger partial charge in [0.2, 0.25) is 6.33 Å². The Morgan fingerprint density at radius 1 is 1.29 bits per heavy atom. The maximum Gasteiger partial charge on any atom is 0.243 e. The van der Waals surface area contributed by atoms with Gasteiger partial charge in [0.25, 0.3) is 0 Å². The molecule has 0 aliphatic carbocycles. The van der Waals surface area contributed by atoms with E-state index in [1.807, 2.05) is 10.8 Å². The van der Waals surface area contributed by atoms with Gasteiger partial charge in [-0.2, -0.15) is 0 Å². The van der Waals surface area contributed by atoms with Crippen LogP contribution in [0.1, 0.15) is 19.3 Å². The summed E-state index contributed by atoms with van der Waals surface area (Å²) in [5.41, 5.74) is 0. The van der Waals surface area contributed by atoms with E-state index < -0.39 is 0 Å². The Morgan fingerprint density at radius 3 is 2.76 bits per heavy atom. The molecule has 1 aromatic rings. The lowest BCUT2D eigenvalue weighted by molar-refractivity contribution is -0.696. The second kappa shape index (κ2) is 8.27. The smallest absolute Gasteiger partial charge is 0.243 e. The second-order valence-corrected chi connectivity index (χ2v) is 6.17. The summed E-state index contributed by atoms with van der Waals surface area (Å²) in [7, 11) is 0. The van der Waals surface area contributed by atoms with Gasteiger partial charge in [-0.3, -0.25) is 0 Å². The van der Waals surface area contributed by atoms with Gasteiger partial charge in [-0.05, 0) is 44.8 Å². The van der Waals surface area contributed by atoms with Crippen LogP contribution >= 0.6 is 0 Å². The van der Waals surface area contributed by atoms with Crippen molar-refractivity contribution in [3.8, 4) is 0 Å². The van der Waals surface area contributed by atoms with E-state index in [0.717, 1.165) is 31.5 Å². The molecule has 21 heavy (non-hydrogen) atoms. The number of nitrogens with one attached hydrogen (secondary N) is 1. The van der Waals surface area contributed by atoms with Crippen molar-refractivity contribution in [3.05, 3.63) is 18.7 Å². The van der Waals surface area contributed by atoms with E-state index >= 15 is 0 Å². The third kappa shape index (κ3) is 4.52. The van der Waals surface area contributed by atoms with Crippen LogP contribution in [0, 0.1) is 5.92 Å². The Hall–Kier alpha value is -0.430. The van der Waals surface area contributed by atoms with Crippen molar-refractivity contribution >= 4 is 0 Å². The lowest BCUT2D eigenvalue weighted by atomic mass is 9.84. The summed E-state index contributed by atoms with van der Waals surface area (Å²) in [6, 6.07) is 0.724. The van der Waals surface area contributed by atoms with Gasteiger partial charge in [-0.15, -0.1) is 0 Å². The molecule has 2 N–H and O–H groups in total. The van der Waals surface area contributed by atoms with Crippen molar-refractivity contribution in [2.45, 2.75) is 38.4 Å². The number of aliphatic hydroxyl groups is 1. The fourth-order valence-electron chi connectivity index (χ4n) is 3.56. The maximum atomic E-state index is 8.89. The minimum Gasteiger partial charge on any atom is -1.00 e. The van der Waals surface area contributed by atoms with E-state index in [9.17, 15) is 0 Å². The molecule has 1 unspecified atom stereocenters. The zero-order valence-electron chi connectivity index (χ0n) is 12.6. The highest BCUT2D eigenvalue weighted by Gasteiger charge is 2.33. The number of hydrogen-bond acceptors (Lipinski definition) is 3. The molecule has 0 aromatic carbocycles. The summed E-state index contributed by atoms with van der Waals surface area (Å²) < 4.78 is 4.23. The average Bonchev–Trinajstić information content (AvgIpc) is 2.93. The lowest BCUT2D eigenvalue weighted by Crippen LogP contribution is -3.00. The van der Waals surface area contributed by atoms with Crippen molar-refractivity contribution in [1.29, 1.82) is 0 Å². The van der Waals surface area contributed by atoms with E-state index in [-0.39, 0.29) is 23.6 Å². The molecule has 0 radical (unpaired) electrons. The number of aromatic nitrogens is 2. The molecular formula is C15H27BrN4O. The molecule has 5 nitrogen and oxygen atoms in total. The molecule has 4 heterocycles. The van der Waals surface area contributed by atoms with Crippen LogP contribution in [0.25, 0.3) is 0 Å².